The van der Waals surface area contributed by atoms with Crippen molar-refractivity contribution in [2.45, 2.75) is 30.5 Å². The summed E-state index contributed by atoms with van der Waals surface area (Å²) in [6.07, 6.45) is 0.562. The van der Waals surface area contributed by atoms with Crippen LogP contribution in [0.3, 0.4) is 0 Å². The Kier molecular flexibility index (Phi) is 2.63. The number of epoxide rings is 1. The van der Waals surface area contributed by atoms with Crippen LogP contribution >= 0.6 is 11.8 Å². The van der Waals surface area contributed by atoms with Gasteiger partial charge in [0.15, 0.2) is 0 Å². The van der Waals surface area contributed by atoms with Crippen LogP contribution in [-0.2, 0) is 4.74 Å². The van der Waals surface area contributed by atoms with Crippen molar-refractivity contribution >= 4 is 11.8 Å². The highest BCUT2D eigenvalue weighted by atomic mass is 32.2. The van der Waals surface area contributed by atoms with Crippen LogP contribution in [0.1, 0.15) is 13.8 Å². The van der Waals surface area contributed by atoms with Gasteiger partial charge >= 0.3 is 0 Å². The van der Waals surface area contributed by atoms with Gasteiger partial charge in [0.2, 0.25) is 0 Å². The van der Waals surface area contributed by atoms with Crippen LogP contribution in [-0.4, -0.2) is 47.7 Å². The Bertz CT molecular complexity index is 148. The molecule has 0 aromatic carbocycles. The van der Waals surface area contributed by atoms with Crippen LogP contribution < -0.4 is 0 Å². The zero-order valence-electron chi connectivity index (χ0n) is 7.82. The molecule has 70 valence electrons. The van der Waals surface area contributed by atoms with E-state index in [1.807, 2.05) is 0 Å². The molecule has 0 spiro atoms. The molecule has 2 heterocycles. The van der Waals surface area contributed by atoms with Crippen LogP contribution in [0.4, 0.5) is 0 Å². The van der Waals surface area contributed by atoms with Crippen molar-refractivity contribution in [3.63, 3.8) is 0 Å². The molecule has 0 saturated carbocycles. The van der Waals surface area contributed by atoms with Crippen LogP contribution in [0.2, 0.25) is 0 Å². The standard InChI is InChI=1S/C9H17NOS/c1-7-3-10(4-8(2)12-7)5-9-6-11-9/h7-9H,3-6H2,1-2H3/t7?,8?,9-/m1/s1. The maximum Gasteiger partial charge on any atom is 0.0936 e. The quantitative estimate of drug-likeness (QED) is 0.604. The largest absolute Gasteiger partial charge is 0.372 e. The maximum atomic E-state index is 5.23. The third-order valence-corrected chi connectivity index (χ3v) is 3.59. The van der Waals surface area contributed by atoms with Crippen molar-refractivity contribution in [1.82, 2.24) is 4.90 Å². The van der Waals surface area contributed by atoms with Crippen LogP contribution in [0.15, 0.2) is 0 Å². The number of nitrogens with zero attached hydrogens (tertiary/aromatic N) is 1. The zero-order chi connectivity index (χ0) is 8.55. The molecular weight excluding hydrogens is 170 g/mol. The van der Waals surface area contributed by atoms with E-state index in [0.717, 1.165) is 23.7 Å². The molecule has 0 bridgehead atoms. The van der Waals surface area contributed by atoms with Crippen molar-refractivity contribution < 1.29 is 4.74 Å². The predicted octanol–water partition coefficient (Wildman–Crippen LogP) is 1.21. The third-order valence-electron chi connectivity index (χ3n) is 2.36. The fourth-order valence-corrected chi connectivity index (χ4v) is 3.28. The molecule has 0 aliphatic carbocycles. The maximum absolute atomic E-state index is 5.23. The summed E-state index contributed by atoms with van der Waals surface area (Å²) in [5.74, 6) is 0. The number of ether oxygens (including phenoxy) is 1. The second kappa shape index (κ2) is 3.56. The molecule has 0 N–H and O–H groups in total. The van der Waals surface area contributed by atoms with E-state index in [2.05, 4.69) is 30.5 Å². The minimum atomic E-state index is 0.562. The Morgan fingerprint density at radius 1 is 1.33 bits per heavy atom. The summed E-state index contributed by atoms with van der Waals surface area (Å²) in [5.41, 5.74) is 0. The highest BCUT2D eigenvalue weighted by molar-refractivity contribution is 8.00. The van der Waals surface area contributed by atoms with Crippen LogP contribution in [0, 0.1) is 0 Å². The molecule has 2 fully saturated rings. The van der Waals surface area contributed by atoms with E-state index in [9.17, 15) is 0 Å². The Labute approximate surface area is 78.6 Å². The van der Waals surface area contributed by atoms with Crippen molar-refractivity contribution in [1.29, 1.82) is 0 Å². The molecule has 3 atom stereocenters. The summed E-state index contributed by atoms with van der Waals surface area (Å²) in [4.78, 5) is 2.55. The number of thioether (sulfide) groups is 1. The molecule has 0 amide bonds. The average Bonchev–Trinajstić information content (AvgIpc) is 2.68. The smallest absolute Gasteiger partial charge is 0.0936 e. The topological polar surface area (TPSA) is 15.8 Å². The van der Waals surface area contributed by atoms with Gasteiger partial charge in [-0.15, -0.1) is 0 Å². The van der Waals surface area contributed by atoms with Crippen molar-refractivity contribution in [2.75, 3.05) is 26.2 Å². The number of hydrogen-bond donors (Lipinski definition) is 0. The van der Waals surface area contributed by atoms with E-state index < -0.39 is 0 Å². The van der Waals surface area contributed by atoms with Gasteiger partial charge in [-0.3, -0.25) is 4.90 Å². The first kappa shape index (κ1) is 8.85. The molecule has 2 rings (SSSR count). The Hall–Kier alpha value is 0.270. The van der Waals surface area contributed by atoms with Gasteiger partial charge in [0, 0.05) is 30.1 Å². The fraction of sp³-hybridized carbons (Fsp3) is 1.00. The Balaban J connectivity index is 1.79. The van der Waals surface area contributed by atoms with E-state index in [4.69, 9.17) is 4.74 Å². The van der Waals surface area contributed by atoms with Crippen molar-refractivity contribution in [3.8, 4) is 0 Å². The highest BCUT2D eigenvalue weighted by Crippen LogP contribution is 2.25. The second-order valence-corrected chi connectivity index (χ2v) is 5.81. The van der Waals surface area contributed by atoms with E-state index >= 15 is 0 Å². The zero-order valence-corrected chi connectivity index (χ0v) is 8.64. The molecule has 0 radical (unpaired) electrons. The van der Waals surface area contributed by atoms with Crippen LogP contribution in [0.5, 0.6) is 0 Å². The van der Waals surface area contributed by atoms with Gasteiger partial charge in [0.1, 0.15) is 0 Å². The molecule has 3 heteroatoms. The molecule has 2 aliphatic heterocycles. The van der Waals surface area contributed by atoms with Gasteiger partial charge in [-0.05, 0) is 0 Å². The molecule has 2 aliphatic rings. The summed E-state index contributed by atoms with van der Waals surface area (Å²) in [7, 11) is 0. The van der Waals surface area contributed by atoms with Crippen LogP contribution in [0.25, 0.3) is 0 Å². The normalized spacial score (nSPS) is 43.0. The van der Waals surface area contributed by atoms with Gasteiger partial charge < -0.3 is 4.74 Å². The minimum absolute atomic E-state index is 0.562. The molecule has 0 aromatic heterocycles. The van der Waals surface area contributed by atoms with Gasteiger partial charge in [-0.1, -0.05) is 13.8 Å². The van der Waals surface area contributed by atoms with E-state index in [1.54, 1.807) is 0 Å². The Morgan fingerprint density at radius 3 is 2.42 bits per heavy atom. The lowest BCUT2D eigenvalue weighted by molar-refractivity contribution is 0.240. The molecule has 2 saturated heterocycles. The number of hydrogen-bond acceptors (Lipinski definition) is 3. The van der Waals surface area contributed by atoms with E-state index in [0.29, 0.717) is 6.10 Å². The van der Waals surface area contributed by atoms with E-state index in [-0.39, 0.29) is 0 Å². The second-order valence-electron chi connectivity index (χ2n) is 3.93. The monoisotopic (exact) mass is 187 g/mol. The van der Waals surface area contributed by atoms with E-state index in [1.165, 1.54) is 13.1 Å². The minimum Gasteiger partial charge on any atom is -0.372 e. The van der Waals surface area contributed by atoms with Gasteiger partial charge in [-0.25, -0.2) is 0 Å². The van der Waals surface area contributed by atoms with Gasteiger partial charge in [0.05, 0.1) is 12.7 Å². The lowest BCUT2D eigenvalue weighted by Gasteiger charge is -2.34. The SMILES string of the molecule is CC1CN(C[C@@H]2CO2)CC(C)S1. The summed E-state index contributed by atoms with van der Waals surface area (Å²) in [6.45, 7) is 9.29. The average molecular weight is 187 g/mol. The molecule has 12 heavy (non-hydrogen) atoms. The first-order chi connectivity index (χ1) is 5.74. The summed E-state index contributed by atoms with van der Waals surface area (Å²) < 4.78 is 5.23. The van der Waals surface area contributed by atoms with Gasteiger partial charge in [-0.2, -0.15) is 11.8 Å². The predicted molar refractivity (Wildman–Crippen MR) is 52.7 cm³/mol. The lowest BCUT2D eigenvalue weighted by atomic mass is 10.3. The molecular formula is C9H17NOS. The fourth-order valence-electron chi connectivity index (χ4n) is 1.89. The Morgan fingerprint density at radius 2 is 1.92 bits per heavy atom. The first-order valence-corrected chi connectivity index (χ1v) is 5.67. The summed E-state index contributed by atoms with van der Waals surface area (Å²) in [5, 5.41) is 1.60. The van der Waals surface area contributed by atoms with Crippen molar-refractivity contribution in [3.05, 3.63) is 0 Å². The van der Waals surface area contributed by atoms with Crippen molar-refractivity contribution in [2.24, 2.45) is 0 Å². The van der Waals surface area contributed by atoms with Gasteiger partial charge in [0.25, 0.3) is 0 Å². The number of rotatable bonds is 2. The third kappa shape index (κ3) is 2.38. The molecule has 0 aromatic rings. The summed E-state index contributed by atoms with van der Waals surface area (Å²) >= 11 is 2.11. The lowest BCUT2D eigenvalue weighted by Crippen LogP contribution is -2.42. The molecule has 2 nitrogen and oxygen atoms in total. The highest BCUT2D eigenvalue weighted by Gasteiger charge is 2.29. The molecule has 2 unspecified atom stereocenters. The summed E-state index contributed by atoms with van der Waals surface area (Å²) in [6, 6.07) is 0. The first-order valence-electron chi connectivity index (χ1n) is 4.73.